The number of aromatic nitrogens is 2. The maximum atomic E-state index is 12.6. The van der Waals surface area contributed by atoms with Crippen LogP contribution in [-0.4, -0.2) is 48.1 Å². The standard InChI is InChI=1S/C19H28N4O2S/c1-13-10-21-19-17(6-7-20-19)18(13)22-16-8-15(9-16)12-26(24,25)23(2)11-14-4-3-5-14/h6-7,10,14-16H,3-5,8-9,11-12H2,1-2H3,(H2,20,21,22). The normalized spacial score (nSPS) is 23.8. The number of anilines is 1. The molecule has 26 heavy (non-hydrogen) atoms. The summed E-state index contributed by atoms with van der Waals surface area (Å²) in [4.78, 5) is 7.53. The second-order valence-corrected chi connectivity index (χ2v) is 10.2. The topological polar surface area (TPSA) is 78.1 Å². The van der Waals surface area contributed by atoms with Gasteiger partial charge in [-0.3, -0.25) is 0 Å². The summed E-state index contributed by atoms with van der Waals surface area (Å²) < 4.78 is 26.7. The number of fused-ring (bicyclic) bond motifs is 1. The van der Waals surface area contributed by atoms with E-state index in [1.165, 1.54) is 19.3 Å². The average Bonchev–Trinajstić information content (AvgIpc) is 2.99. The third-order valence-electron chi connectivity index (χ3n) is 6.02. The number of sulfonamides is 1. The van der Waals surface area contributed by atoms with Gasteiger partial charge in [0.25, 0.3) is 0 Å². The van der Waals surface area contributed by atoms with E-state index in [-0.39, 0.29) is 11.7 Å². The largest absolute Gasteiger partial charge is 0.381 e. The first kappa shape index (κ1) is 17.8. The summed E-state index contributed by atoms with van der Waals surface area (Å²) in [5.41, 5.74) is 3.12. The Morgan fingerprint density at radius 3 is 2.77 bits per heavy atom. The van der Waals surface area contributed by atoms with Crippen molar-refractivity contribution in [2.45, 2.75) is 45.1 Å². The van der Waals surface area contributed by atoms with E-state index in [1.807, 2.05) is 18.5 Å². The molecule has 2 saturated carbocycles. The van der Waals surface area contributed by atoms with Crippen molar-refractivity contribution in [3.63, 3.8) is 0 Å². The van der Waals surface area contributed by atoms with Crippen LogP contribution in [0.5, 0.6) is 0 Å². The van der Waals surface area contributed by atoms with Crippen LogP contribution in [0.15, 0.2) is 18.5 Å². The first-order valence-corrected chi connectivity index (χ1v) is 11.2. The van der Waals surface area contributed by atoms with E-state index < -0.39 is 10.0 Å². The predicted molar refractivity (Wildman–Crippen MR) is 105 cm³/mol. The van der Waals surface area contributed by atoms with Crippen molar-refractivity contribution in [3.8, 4) is 0 Å². The highest BCUT2D eigenvalue weighted by molar-refractivity contribution is 7.89. The molecule has 0 atom stereocenters. The number of rotatable bonds is 7. The van der Waals surface area contributed by atoms with Gasteiger partial charge in [0.1, 0.15) is 5.65 Å². The lowest BCUT2D eigenvalue weighted by Gasteiger charge is -2.38. The number of nitrogens with zero attached hydrogens (tertiary/aromatic N) is 2. The van der Waals surface area contributed by atoms with Gasteiger partial charge in [-0.2, -0.15) is 0 Å². The second kappa shape index (κ2) is 6.85. The molecule has 2 aliphatic rings. The van der Waals surface area contributed by atoms with Crippen LogP contribution in [0.1, 0.15) is 37.7 Å². The summed E-state index contributed by atoms with van der Waals surface area (Å²) in [7, 11) is -1.39. The Kier molecular flexibility index (Phi) is 4.69. The molecule has 0 aliphatic heterocycles. The molecule has 2 heterocycles. The van der Waals surface area contributed by atoms with Gasteiger partial charge in [-0.15, -0.1) is 0 Å². The molecule has 7 heteroatoms. The zero-order valence-electron chi connectivity index (χ0n) is 15.5. The molecular formula is C19H28N4O2S. The van der Waals surface area contributed by atoms with Gasteiger partial charge in [-0.1, -0.05) is 6.42 Å². The number of hydrogen-bond acceptors (Lipinski definition) is 4. The van der Waals surface area contributed by atoms with Gasteiger partial charge < -0.3 is 10.3 Å². The maximum absolute atomic E-state index is 12.6. The Labute approximate surface area is 155 Å². The summed E-state index contributed by atoms with van der Waals surface area (Å²) in [6.07, 6.45) is 9.18. The zero-order chi connectivity index (χ0) is 18.3. The molecule has 0 unspecified atom stereocenters. The molecule has 0 amide bonds. The predicted octanol–water partition coefficient (Wildman–Crippen LogP) is 3.12. The lowest BCUT2D eigenvalue weighted by Crippen LogP contribution is -2.43. The lowest BCUT2D eigenvalue weighted by molar-refractivity contribution is 0.258. The molecule has 142 valence electrons. The fraction of sp³-hybridized carbons (Fsp3) is 0.632. The quantitative estimate of drug-likeness (QED) is 0.778. The minimum atomic E-state index is -3.13. The highest BCUT2D eigenvalue weighted by Crippen LogP contribution is 2.35. The van der Waals surface area contributed by atoms with Gasteiger partial charge in [0.2, 0.25) is 10.0 Å². The summed E-state index contributed by atoms with van der Waals surface area (Å²) in [6.45, 7) is 2.75. The van der Waals surface area contributed by atoms with Crippen LogP contribution in [0.25, 0.3) is 11.0 Å². The van der Waals surface area contributed by atoms with E-state index in [9.17, 15) is 8.42 Å². The molecule has 6 nitrogen and oxygen atoms in total. The van der Waals surface area contributed by atoms with Crippen LogP contribution < -0.4 is 5.32 Å². The van der Waals surface area contributed by atoms with Crippen molar-refractivity contribution < 1.29 is 8.42 Å². The molecule has 2 aromatic rings. The fourth-order valence-electron chi connectivity index (χ4n) is 4.07. The summed E-state index contributed by atoms with van der Waals surface area (Å²) in [5.74, 6) is 1.11. The Hall–Kier alpha value is -1.60. The van der Waals surface area contributed by atoms with Crippen LogP contribution in [0, 0.1) is 18.8 Å². The third-order valence-corrected chi connectivity index (χ3v) is 8.01. The summed E-state index contributed by atoms with van der Waals surface area (Å²) in [6, 6.07) is 2.37. The second-order valence-electron chi connectivity index (χ2n) is 8.09. The van der Waals surface area contributed by atoms with Crippen molar-refractivity contribution in [1.29, 1.82) is 0 Å². The smallest absolute Gasteiger partial charge is 0.214 e. The highest BCUT2D eigenvalue weighted by Gasteiger charge is 2.35. The van der Waals surface area contributed by atoms with Gasteiger partial charge in [-0.05, 0) is 56.1 Å². The van der Waals surface area contributed by atoms with E-state index in [4.69, 9.17) is 0 Å². The third kappa shape index (κ3) is 3.47. The molecule has 0 aromatic carbocycles. The molecule has 0 saturated heterocycles. The number of pyridine rings is 1. The Balaban J connectivity index is 1.32. The molecule has 2 aromatic heterocycles. The molecule has 0 bridgehead atoms. The van der Waals surface area contributed by atoms with Crippen LogP contribution in [-0.2, 0) is 10.0 Å². The first-order chi connectivity index (χ1) is 12.4. The number of aromatic amines is 1. The van der Waals surface area contributed by atoms with Gasteiger partial charge >= 0.3 is 0 Å². The van der Waals surface area contributed by atoms with Gasteiger partial charge in [0, 0.05) is 43.1 Å². The molecule has 2 N–H and O–H groups in total. The SMILES string of the molecule is Cc1cnc2[nH]ccc2c1NC1CC(CS(=O)(=O)N(C)CC2CCC2)C1. The minimum Gasteiger partial charge on any atom is -0.381 e. The Morgan fingerprint density at radius 1 is 1.31 bits per heavy atom. The number of aryl methyl sites for hydroxylation is 1. The highest BCUT2D eigenvalue weighted by atomic mass is 32.2. The van der Waals surface area contributed by atoms with E-state index in [0.717, 1.165) is 35.1 Å². The fourth-order valence-corrected chi connectivity index (χ4v) is 5.63. The maximum Gasteiger partial charge on any atom is 0.214 e. The average molecular weight is 377 g/mol. The van der Waals surface area contributed by atoms with Crippen molar-refractivity contribution in [2.75, 3.05) is 24.7 Å². The van der Waals surface area contributed by atoms with Crippen molar-refractivity contribution in [3.05, 3.63) is 24.0 Å². The van der Waals surface area contributed by atoms with Gasteiger partial charge in [0.15, 0.2) is 0 Å². The molecule has 2 fully saturated rings. The van der Waals surface area contributed by atoms with Gasteiger partial charge in [0.05, 0.1) is 5.75 Å². The molecule has 0 radical (unpaired) electrons. The number of H-pyrrole nitrogens is 1. The monoisotopic (exact) mass is 376 g/mol. The first-order valence-electron chi connectivity index (χ1n) is 9.55. The summed E-state index contributed by atoms with van der Waals surface area (Å²) >= 11 is 0. The van der Waals surface area contributed by atoms with Crippen molar-refractivity contribution >= 4 is 26.7 Å². The van der Waals surface area contributed by atoms with Gasteiger partial charge in [-0.25, -0.2) is 17.7 Å². The summed E-state index contributed by atoms with van der Waals surface area (Å²) in [5, 5.41) is 4.70. The van der Waals surface area contributed by atoms with Crippen molar-refractivity contribution in [2.24, 2.45) is 11.8 Å². The number of nitrogens with one attached hydrogen (secondary N) is 2. The van der Waals surface area contributed by atoms with Crippen LogP contribution in [0.3, 0.4) is 0 Å². The molecular weight excluding hydrogens is 348 g/mol. The van der Waals surface area contributed by atoms with Crippen molar-refractivity contribution in [1.82, 2.24) is 14.3 Å². The van der Waals surface area contributed by atoms with E-state index in [2.05, 4.69) is 22.2 Å². The minimum absolute atomic E-state index is 0.255. The number of hydrogen-bond donors (Lipinski definition) is 2. The molecule has 4 rings (SSSR count). The lowest BCUT2D eigenvalue weighted by atomic mass is 9.81. The van der Waals surface area contributed by atoms with Crippen LogP contribution in [0.2, 0.25) is 0 Å². The van der Waals surface area contributed by atoms with E-state index in [0.29, 0.717) is 18.5 Å². The van der Waals surface area contributed by atoms with E-state index >= 15 is 0 Å². The zero-order valence-corrected chi connectivity index (χ0v) is 16.3. The van der Waals surface area contributed by atoms with Crippen LogP contribution in [0.4, 0.5) is 5.69 Å². The Bertz CT molecular complexity index is 882. The van der Waals surface area contributed by atoms with E-state index in [1.54, 1.807) is 11.4 Å². The Morgan fingerprint density at radius 2 is 2.08 bits per heavy atom. The molecule has 2 aliphatic carbocycles. The van der Waals surface area contributed by atoms with Crippen LogP contribution >= 0.6 is 0 Å². The molecule has 0 spiro atoms.